The summed E-state index contributed by atoms with van der Waals surface area (Å²) in [5.74, 6) is 0. The monoisotopic (exact) mass is 226 g/mol. The first kappa shape index (κ1) is 12.7. The zero-order valence-electron chi connectivity index (χ0n) is 10.0. The number of unbranched alkanes of at least 4 members (excludes halogenated alkanes) is 1. The first-order valence-electron chi connectivity index (χ1n) is 5.92. The van der Waals surface area contributed by atoms with Gasteiger partial charge < -0.3 is 5.32 Å². The minimum atomic E-state index is 0.608. The number of rotatable bonds is 7. The van der Waals surface area contributed by atoms with Gasteiger partial charge in [0.15, 0.2) is 0 Å². The van der Waals surface area contributed by atoms with Gasteiger partial charge in [0.2, 0.25) is 0 Å². The molecular formula is C12H22N2S. The van der Waals surface area contributed by atoms with Crippen molar-refractivity contribution in [1.82, 2.24) is 10.3 Å². The van der Waals surface area contributed by atoms with Crippen LogP contribution in [0.15, 0.2) is 5.38 Å². The van der Waals surface area contributed by atoms with Crippen LogP contribution in [0.3, 0.4) is 0 Å². The van der Waals surface area contributed by atoms with Gasteiger partial charge in [0, 0.05) is 18.0 Å². The van der Waals surface area contributed by atoms with E-state index in [0.717, 1.165) is 13.0 Å². The van der Waals surface area contributed by atoms with Crippen LogP contribution in [0.25, 0.3) is 0 Å². The molecule has 2 nitrogen and oxygen atoms in total. The van der Waals surface area contributed by atoms with Gasteiger partial charge in [0.25, 0.3) is 0 Å². The van der Waals surface area contributed by atoms with Crippen LogP contribution in [0.1, 0.15) is 50.7 Å². The second kappa shape index (κ2) is 6.96. The van der Waals surface area contributed by atoms with E-state index in [2.05, 4.69) is 36.5 Å². The van der Waals surface area contributed by atoms with Crippen molar-refractivity contribution in [3.05, 3.63) is 16.1 Å². The number of thiazole rings is 1. The van der Waals surface area contributed by atoms with Crippen molar-refractivity contribution < 1.29 is 0 Å². The van der Waals surface area contributed by atoms with E-state index >= 15 is 0 Å². The van der Waals surface area contributed by atoms with Gasteiger partial charge in [-0.25, -0.2) is 4.98 Å². The summed E-state index contributed by atoms with van der Waals surface area (Å²) in [6.07, 6.45) is 4.91. The molecule has 1 aromatic heterocycles. The Labute approximate surface area is 97.1 Å². The Morgan fingerprint density at radius 3 is 2.87 bits per heavy atom. The van der Waals surface area contributed by atoms with E-state index in [-0.39, 0.29) is 0 Å². The van der Waals surface area contributed by atoms with Gasteiger partial charge in [-0.15, -0.1) is 11.3 Å². The SMILES string of the molecule is CCCCC(C)NCc1csc(CC)n1. The number of nitrogens with one attached hydrogen (secondary N) is 1. The van der Waals surface area contributed by atoms with Crippen LogP contribution < -0.4 is 5.32 Å². The molecule has 0 aliphatic heterocycles. The molecule has 86 valence electrons. The van der Waals surface area contributed by atoms with E-state index in [9.17, 15) is 0 Å². The molecule has 0 saturated carbocycles. The number of aromatic nitrogens is 1. The molecule has 1 unspecified atom stereocenters. The van der Waals surface area contributed by atoms with Crippen molar-refractivity contribution in [3.8, 4) is 0 Å². The summed E-state index contributed by atoms with van der Waals surface area (Å²) >= 11 is 1.77. The van der Waals surface area contributed by atoms with E-state index in [4.69, 9.17) is 0 Å². The molecule has 1 atom stereocenters. The summed E-state index contributed by atoms with van der Waals surface area (Å²) in [6, 6.07) is 0.608. The maximum Gasteiger partial charge on any atom is 0.0926 e. The van der Waals surface area contributed by atoms with Crippen molar-refractivity contribution in [2.45, 2.75) is 59.0 Å². The van der Waals surface area contributed by atoms with E-state index in [0.29, 0.717) is 6.04 Å². The van der Waals surface area contributed by atoms with Crippen molar-refractivity contribution in [1.29, 1.82) is 0 Å². The van der Waals surface area contributed by atoms with Crippen molar-refractivity contribution >= 4 is 11.3 Å². The molecule has 0 fully saturated rings. The third-order valence-corrected chi connectivity index (χ3v) is 3.57. The lowest BCUT2D eigenvalue weighted by Crippen LogP contribution is -2.25. The van der Waals surface area contributed by atoms with Crippen LogP contribution in [0.4, 0.5) is 0 Å². The highest BCUT2D eigenvalue weighted by Crippen LogP contribution is 2.10. The van der Waals surface area contributed by atoms with Crippen molar-refractivity contribution in [2.24, 2.45) is 0 Å². The van der Waals surface area contributed by atoms with Crippen LogP contribution in [-0.2, 0) is 13.0 Å². The highest BCUT2D eigenvalue weighted by molar-refractivity contribution is 7.09. The Kier molecular flexibility index (Phi) is 5.88. The van der Waals surface area contributed by atoms with E-state index in [1.165, 1.54) is 30.0 Å². The van der Waals surface area contributed by atoms with Crippen molar-refractivity contribution in [2.75, 3.05) is 0 Å². The zero-order valence-corrected chi connectivity index (χ0v) is 10.9. The van der Waals surface area contributed by atoms with Gasteiger partial charge in [0.05, 0.1) is 10.7 Å². The zero-order chi connectivity index (χ0) is 11.1. The molecule has 3 heteroatoms. The van der Waals surface area contributed by atoms with Gasteiger partial charge in [-0.3, -0.25) is 0 Å². The van der Waals surface area contributed by atoms with Crippen LogP contribution in [0.2, 0.25) is 0 Å². The first-order valence-corrected chi connectivity index (χ1v) is 6.80. The predicted molar refractivity (Wildman–Crippen MR) is 67.3 cm³/mol. The molecule has 0 saturated heterocycles. The summed E-state index contributed by atoms with van der Waals surface area (Å²) in [6.45, 7) is 7.56. The largest absolute Gasteiger partial charge is 0.309 e. The summed E-state index contributed by atoms with van der Waals surface area (Å²) in [4.78, 5) is 4.54. The lowest BCUT2D eigenvalue weighted by Gasteiger charge is -2.11. The molecule has 1 N–H and O–H groups in total. The molecule has 0 radical (unpaired) electrons. The molecule has 0 amide bonds. The van der Waals surface area contributed by atoms with E-state index in [1.807, 2.05) is 0 Å². The average molecular weight is 226 g/mol. The van der Waals surface area contributed by atoms with Crippen LogP contribution >= 0.6 is 11.3 Å². The molecule has 15 heavy (non-hydrogen) atoms. The topological polar surface area (TPSA) is 24.9 Å². The Hall–Kier alpha value is -0.410. The minimum absolute atomic E-state index is 0.608. The molecule has 0 aliphatic rings. The van der Waals surface area contributed by atoms with Crippen LogP contribution in [0, 0.1) is 0 Å². The molecular weight excluding hydrogens is 204 g/mol. The molecule has 0 aromatic carbocycles. The summed E-state index contributed by atoms with van der Waals surface area (Å²) < 4.78 is 0. The Bertz CT molecular complexity index is 270. The van der Waals surface area contributed by atoms with Gasteiger partial charge in [0.1, 0.15) is 0 Å². The first-order chi connectivity index (χ1) is 7.26. The number of nitrogens with zero attached hydrogens (tertiary/aromatic N) is 1. The second-order valence-corrected chi connectivity index (χ2v) is 4.95. The second-order valence-electron chi connectivity index (χ2n) is 4.01. The minimum Gasteiger partial charge on any atom is -0.309 e. The maximum absolute atomic E-state index is 4.54. The Balaban J connectivity index is 2.24. The van der Waals surface area contributed by atoms with E-state index < -0.39 is 0 Å². The van der Waals surface area contributed by atoms with Gasteiger partial charge in [-0.05, 0) is 19.8 Å². The highest BCUT2D eigenvalue weighted by atomic mass is 32.1. The Morgan fingerprint density at radius 1 is 1.47 bits per heavy atom. The molecule has 0 bridgehead atoms. The molecule has 1 aromatic rings. The maximum atomic E-state index is 4.54. The normalized spacial score (nSPS) is 13.0. The van der Waals surface area contributed by atoms with Crippen LogP contribution in [-0.4, -0.2) is 11.0 Å². The molecule has 0 aliphatic carbocycles. The summed E-state index contributed by atoms with van der Waals surface area (Å²) in [5, 5.41) is 6.92. The summed E-state index contributed by atoms with van der Waals surface area (Å²) in [7, 11) is 0. The Morgan fingerprint density at radius 2 is 2.27 bits per heavy atom. The number of hydrogen-bond acceptors (Lipinski definition) is 3. The fourth-order valence-corrected chi connectivity index (χ4v) is 2.23. The third-order valence-electron chi connectivity index (χ3n) is 2.52. The van der Waals surface area contributed by atoms with Crippen molar-refractivity contribution in [3.63, 3.8) is 0 Å². The van der Waals surface area contributed by atoms with Gasteiger partial charge >= 0.3 is 0 Å². The van der Waals surface area contributed by atoms with Gasteiger partial charge in [-0.1, -0.05) is 26.7 Å². The lowest BCUT2D eigenvalue weighted by molar-refractivity contribution is 0.492. The molecule has 0 spiro atoms. The number of aryl methyl sites for hydroxylation is 1. The fourth-order valence-electron chi connectivity index (χ4n) is 1.48. The number of hydrogen-bond donors (Lipinski definition) is 1. The van der Waals surface area contributed by atoms with Gasteiger partial charge in [-0.2, -0.15) is 0 Å². The quantitative estimate of drug-likeness (QED) is 0.771. The third kappa shape index (κ3) is 4.76. The lowest BCUT2D eigenvalue weighted by atomic mass is 10.1. The smallest absolute Gasteiger partial charge is 0.0926 e. The van der Waals surface area contributed by atoms with E-state index in [1.54, 1.807) is 11.3 Å². The summed E-state index contributed by atoms with van der Waals surface area (Å²) in [5.41, 5.74) is 1.19. The highest BCUT2D eigenvalue weighted by Gasteiger charge is 2.03. The average Bonchev–Trinajstić information content (AvgIpc) is 2.71. The van der Waals surface area contributed by atoms with Crippen LogP contribution in [0.5, 0.6) is 0 Å². The molecule has 1 rings (SSSR count). The predicted octanol–water partition coefficient (Wildman–Crippen LogP) is 3.37. The fraction of sp³-hybridized carbons (Fsp3) is 0.750. The molecule has 1 heterocycles. The standard InChI is InChI=1S/C12H22N2S/c1-4-6-7-10(3)13-8-11-9-15-12(5-2)14-11/h9-10,13H,4-8H2,1-3H3.